The van der Waals surface area contributed by atoms with Gasteiger partial charge in [-0.25, -0.2) is 4.98 Å². The molecule has 2 aromatic heterocycles. The number of carbonyl (C=O) groups is 1. The monoisotopic (exact) mass is 257 g/mol. The van der Waals surface area contributed by atoms with E-state index >= 15 is 0 Å². The van der Waals surface area contributed by atoms with Gasteiger partial charge in [-0.05, 0) is 44.0 Å². The Balaban J connectivity index is 1.76. The molecule has 3 heterocycles. The van der Waals surface area contributed by atoms with Crippen LogP contribution in [0.25, 0.3) is 5.65 Å². The number of aromatic nitrogens is 2. The average molecular weight is 257 g/mol. The lowest BCUT2D eigenvalue weighted by Crippen LogP contribution is -2.20. The first kappa shape index (κ1) is 12.4. The summed E-state index contributed by atoms with van der Waals surface area (Å²) in [5.41, 5.74) is 2.68. The smallest absolute Gasteiger partial charge is 0.150 e. The van der Waals surface area contributed by atoms with E-state index in [2.05, 4.69) is 23.0 Å². The van der Waals surface area contributed by atoms with Gasteiger partial charge in [0, 0.05) is 24.5 Å². The van der Waals surface area contributed by atoms with Crippen molar-refractivity contribution in [1.82, 2.24) is 14.3 Å². The van der Waals surface area contributed by atoms with E-state index < -0.39 is 0 Å². The van der Waals surface area contributed by atoms with Crippen molar-refractivity contribution in [1.29, 1.82) is 0 Å². The minimum atomic E-state index is 0.683. The topological polar surface area (TPSA) is 37.6 Å². The van der Waals surface area contributed by atoms with E-state index in [4.69, 9.17) is 0 Å². The van der Waals surface area contributed by atoms with Gasteiger partial charge in [0.2, 0.25) is 0 Å². The van der Waals surface area contributed by atoms with E-state index in [0.29, 0.717) is 5.56 Å². The number of nitrogens with zero attached hydrogens (tertiary/aromatic N) is 3. The molecule has 0 saturated carbocycles. The molecule has 0 aromatic carbocycles. The third-order valence-electron chi connectivity index (χ3n) is 3.99. The normalized spacial score (nSPS) is 20.2. The van der Waals surface area contributed by atoms with Gasteiger partial charge in [-0.1, -0.05) is 6.92 Å². The molecule has 19 heavy (non-hydrogen) atoms. The number of carbonyl (C=O) groups excluding carboxylic acids is 1. The van der Waals surface area contributed by atoms with Crippen molar-refractivity contribution in [2.24, 2.45) is 5.92 Å². The lowest BCUT2D eigenvalue weighted by Gasteiger charge is -2.11. The van der Waals surface area contributed by atoms with Crippen LogP contribution in [0.2, 0.25) is 0 Å². The van der Waals surface area contributed by atoms with Crippen molar-refractivity contribution < 1.29 is 4.79 Å². The number of hydrogen-bond acceptors (Lipinski definition) is 3. The summed E-state index contributed by atoms with van der Waals surface area (Å²) in [4.78, 5) is 17.9. The third kappa shape index (κ3) is 2.54. The van der Waals surface area contributed by atoms with Crippen LogP contribution in [0.3, 0.4) is 0 Å². The molecule has 1 saturated heterocycles. The van der Waals surface area contributed by atoms with Crippen LogP contribution < -0.4 is 0 Å². The maximum atomic E-state index is 10.8. The van der Waals surface area contributed by atoms with Gasteiger partial charge in [-0.15, -0.1) is 0 Å². The predicted molar refractivity (Wildman–Crippen MR) is 74.5 cm³/mol. The van der Waals surface area contributed by atoms with E-state index in [1.807, 2.05) is 22.7 Å². The summed E-state index contributed by atoms with van der Waals surface area (Å²) >= 11 is 0. The minimum absolute atomic E-state index is 0.683. The Morgan fingerprint density at radius 1 is 1.53 bits per heavy atom. The second kappa shape index (κ2) is 5.13. The Hall–Kier alpha value is -1.68. The van der Waals surface area contributed by atoms with E-state index in [-0.39, 0.29) is 0 Å². The first-order valence-corrected chi connectivity index (χ1v) is 6.93. The minimum Gasteiger partial charge on any atom is -0.307 e. The second-order valence-electron chi connectivity index (χ2n) is 5.33. The molecule has 0 bridgehead atoms. The van der Waals surface area contributed by atoms with Crippen molar-refractivity contribution in [3.05, 3.63) is 35.8 Å². The van der Waals surface area contributed by atoms with Gasteiger partial charge in [-0.2, -0.15) is 0 Å². The van der Waals surface area contributed by atoms with Gasteiger partial charge in [0.05, 0.1) is 5.69 Å². The maximum Gasteiger partial charge on any atom is 0.150 e. The first-order chi connectivity index (χ1) is 9.28. The highest BCUT2D eigenvalue weighted by molar-refractivity contribution is 5.76. The van der Waals surface area contributed by atoms with Crippen LogP contribution in [0, 0.1) is 5.92 Å². The molecule has 1 atom stereocenters. The Labute approximate surface area is 113 Å². The lowest BCUT2D eigenvalue weighted by atomic mass is 10.0. The zero-order valence-corrected chi connectivity index (χ0v) is 11.2. The van der Waals surface area contributed by atoms with Gasteiger partial charge in [-0.3, -0.25) is 4.79 Å². The molecule has 1 aliphatic rings. The van der Waals surface area contributed by atoms with Crippen LogP contribution in [-0.4, -0.2) is 40.2 Å². The summed E-state index contributed by atoms with van der Waals surface area (Å²) in [5.74, 6) is 0.718. The Kier molecular flexibility index (Phi) is 3.34. The van der Waals surface area contributed by atoms with E-state index in [1.165, 1.54) is 19.5 Å². The zero-order chi connectivity index (χ0) is 13.2. The number of fused-ring (bicyclic) bond motifs is 1. The van der Waals surface area contributed by atoms with E-state index in [1.54, 1.807) is 0 Å². The zero-order valence-electron chi connectivity index (χ0n) is 11.2. The fourth-order valence-corrected chi connectivity index (χ4v) is 2.88. The molecule has 1 unspecified atom stereocenters. The molecular weight excluding hydrogens is 238 g/mol. The summed E-state index contributed by atoms with van der Waals surface area (Å²) in [6, 6.07) is 3.66. The van der Waals surface area contributed by atoms with Gasteiger partial charge < -0.3 is 9.30 Å². The third-order valence-corrected chi connectivity index (χ3v) is 3.99. The van der Waals surface area contributed by atoms with Crippen LogP contribution in [0.4, 0.5) is 0 Å². The van der Waals surface area contributed by atoms with Gasteiger partial charge in [0.1, 0.15) is 11.9 Å². The number of pyridine rings is 1. The van der Waals surface area contributed by atoms with Gasteiger partial charge in [0.25, 0.3) is 0 Å². The number of hydrogen-bond donors (Lipinski definition) is 0. The second-order valence-corrected chi connectivity index (χ2v) is 5.33. The van der Waals surface area contributed by atoms with Gasteiger partial charge in [0.15, 0.2) is 0 Å². The summed E-state index contributed by atoms with van der Waals surface area (Å²) in [6.07, 6.45) is 7.15. The fraction of sp³-hybridized carbons (Fsp3) is 0.467. The van der Waals surface area contributed by atoms with Crippen molar-refractivity contribution >= 4 is 11.9 Å². The molecule has 1 aliphatic heterocycles. The Morgan fingerprint density at radius 3 is 3.16 bits per heavy atom. The fourth-order valence-electron chi connectivity index (χ4n) is 2.88. The van der Waals surface area contributed by atoms with Crippen LogP contribution >= 0.6 is 0 Å². The highest BCUT2D eigenvalue weighted by atomic mass is 16.1. The quantitative estimate of drug-likeness (QED) is 0.787. The van der Waals surface area contributed by atoms with Crippen molar-refractivity contribution in [3.63, 3.8) is 0 Å². The SMILES string of the molecule is CCN1CCC(Cc2cn3ccc(C=O)cc3n2)C1. The first-order valence-electron chi connectivity index (χ1n) is 6.93. The van der Waals surface area contributed by atoms with Crippen LogP contribution in [0.1, 0.15) is 29.4 Å². The van der Waals surface area contributed by atoms with Crippen LogP contribution in [-0.2, 0) is 6.42 Å². The molecule has 100 valence electrons. The van der Waals surface area contributed by atoms with E-state index in [9.17, 15) is 4.79 Å². The number of aldehydes is 1. The van der Waals surface area contributed by atoms with Crippen LogP contribution in [0.15, 0.2) is 24.5 Å². The molecule has 4 nitrogen and oxygen atoms in total. The van der Waals surface area contributed by atoms with Crippen molar-refractivity contribution in [2.45, 2.75) is 19.8 Å². The molecule has 0 N–H and O–H groups in total. The summed E-state index contributed by atoms with van der Waals surface area (Å²) in [6.45, 7) is 5.76. The van der Waals surface area contributed by atoms with Crippen molar-refractivity contribution in [2.75, 3.05) is 19.6 Å². The summed E-state index contributed by atoms with van der Waals surface area (Å²) in [7, 11) is 0. The molecule has 0 radical (unpaired) electrons. The maximum absolute atomic E-state index is 10.8. The molecule has 0 amide bonds. The summed E-state index contributed by atoms with van der Waals surface area (Å²) in [5, 5.41) is 0. The standard InChI is InChI=1S/C15H19N3O/c1-2-17-5-3-12(9-17)7-14-10-18-6-4-13(11-19)8-15(18)16-14/h4,6,8,10-12H,2-3,5,7,9H2,1H3. The summed E-state index contributed by atoms with van der Waals surface area (Å²) < 4.78 is 1.99. The highest BCUT2D eigenvalue weighted by Crippen LogP contribution is 2.20. The van der Waals surface area contributed by atoms with Crippen LogP contribution in [0.5, 0.6) is 0 Å². The molecular formula is C15H19N3O. The van der Waals surface area contributed by atoms with E-state index in [0.717, 1.165) is 36.5 Å². The molecule has 3 rings (SSSR count). The molecule has 2 aromatic rings. The molecule has 0 spiro atoms. The molecule has 1 fully saturated rings. The molecule has 0 aliphatic carbocycles. The predicted octanol–water partition coefficient (Wildman–Crippen LogP) is 2.03. The number of imidazole rings is 1. The average Bonchev–Trinajstić information content (AvgIpc) is 3.03. The molecule has 4 heteroatoms. The Morgan fingerprint density at radius 2 is 2.42 bits per heavy atom. The largest absolute Gasteiger partial charge is 0.307 e. The number of rotatable bonds is 4. The van der Waals surface area contributed by atoms with Crippen molar-refractivity contribution in [3.8, 4) is 0 Å². The lowest BCUT2D eigenvalue weighted by molar-refractivity contribution is 0.112. The van der Waals surface area contributed by atoms with Gasteiger partial charge >= 0.3 is 0 Å². The number of likely N-dealkylation sites (tertiary alicyclic amines) is 1. The highest BCUT2D eigenvalue weighted by Gasteiger charge is 2.22. The Bertz CT molecular complexity index is 590.